The van der Waals surface area contributed by atoms with Crippen molar-refractivity contribution in [2.24, 2.45) is 0 Å². The van der Waals surface area contributed by atoms with Gasteiger partial charge in [-0.1, -0.05) is 72.8 Å². The lowest BCUT2D eigenvalue weighted by molar-refractivity contribution is -0.189. The van der Waals surface area contributed by atoms with Crippen molar-refractivity contribution in [1.29, 1.82) is 0 Å². The van der Waals surface area contributed by atoms with Gasteiger partial charge in [0.2, 0.25) is 11.8 Å². The van der Waals surface area contributed by atoms with Crippen LogP contribution < -0.4 is 20.7 Å². The molecule has 0 spiro atoms. The first kappa shape index (κ1) is 35.1. The molecule has 13 heteroatoms. The lowest BCUT2D eigenvalue weighted by Gasteiger charge is -2.23. The number of esters is 1. The molecule has 250 valence electrons. The SMILES string of the molecule is O=C(O)CC(NC(=O)[C@H](Cc1ccc(OC(=O)C(F)(F)F)cc1)NC(=O)CCCNc1ccccn1)c1ccc(-c2ccccc2)cc1. The normalized spacial score (nSPS) is 12.3. The van der Waals surface area contributed by atoms with Crippen molar-refractivity contribution >= 4 is 29.6 Å². The molecule has 0 radical (unpaired) electrons. The Hall–Kier alpha value is -5.72. The Kier molecular flexibility index (Phi) is 12.2. The topological polar surface area (TPSA) is 147 Å². The van der Waals surface area contributed by atoms with Gasteiger partial charge in [-0.3, -0.25) is 14.4 Å². The molecule has 0 aliphatic carbocycles. The largest absolute Gasteiger partial charge is 0.491 e. The molecule has 0 aliphatic heterocycles. The number of nitrogens with one attached hydrogen (secondary N) is 3. The molecule has 2 amide bonds. The average Bonchev–Trinajstić information content (AvgIpc) is 3.07. The predicted molar refractivity (Wildman–Crippen MR) is 171 cm³/mol. The summed E-state index contributed by atoms with van der Waals surface area (Å²) in [5.41, 5.74) is 2.82. The van der Waals surface area contributed by atoms with Gasteiger partial charge >= 0.3 is 18.1 Å². The molecule has 0 bridgehead atoms. The van der Waals surface area contributed by atoms with Crippen LogP contribution in [0, 0.1) is 0 Å². The number of ether oxygens (including phenoxy) is 1. The van der Waals surface area contributed by atoms with Crippen LogP contribution in [-0.4, -0.2) is 52.6 Å². The second-order valence-corrected chi connectivity index (χ2v) is 10.7. The van der Waals surface area contributed by atoms with Gasteiger partial charge in [-0.15, -0.1) is 0 Å². The highest BCUT2D eigenvalue weighted by Gasteiger charge is 2.41. The third kappa shape index (κ3) is 11.0. The zero-order valence-electron chi connectivity index (χ0n) is 25.6. The Labute approximate surface area is 274 Å². The fourth-order valence-electron chi connectivity index (χ4n) is 4.74. The highest BCUT2D eigenvalue weighted by Crippen LogP contribution is 2.24. The van der Waals surface area contributed by atoms with Crippen molar-refractivity contribution in [3.63, 3.8) is 0 Å². The van der Waals surface area contributed by atoms with E-state index in [-0.39, 0.29) is 18.6 Å². The van der Waals surface area contributed by atoms with Gasteiger partial charge < -0.3 is 25.8 Å². The summed E-state index contributed by atoms with van der Waals surface area (Å²) in [5, 5.41) is 18.1. The van der Waals surface area contributed by atoms with Gasteiger partial charge in [0.05, 0.1) is 12.5 Å². The monoisotopic (exact) mass is 662 g/mol. The molecule has 1 aromatic heterocycles. The highest BCUT2D eigenvalue weighted by molar-refractivity contribution is 5.88. The Morgan fingerprint density at radius 3 is 2.10 bits per heavy atom. The minimum atomic E-state index is -5.17. The molecule has 1 heterocycles. The Morgan fingerprint density at radius 2 is 1.48 bits per heavy atom. The molecular formula is C35H33F3N4O6. The molecule has 0 fully saturated rings. The second kappa shape index (κ2) is 16.7. The van der Waals surface area contributed by atoms with Gasteiger partial charge in [0, 0.05) is 25.6 Å². The zero-order valence-corrected chi connectivity index (χ0v) is 25.6. The van der Waals surface area contributed by atoms with Gasteiger partial charge in [0.15, 0.2) is 0 Å². The Morgan fingerprint density at radius 1 is 0.812 bits per heavy atom. The number of carboxylic acid groups (broad SMARTS) is 1. The van der Waals surface area contributed by atoms with Gasteiger partial charge in [0.25, 0.3) is 0 Å². The van der Waals surface area contributed by atoms with E-state index in [1.165, 1.54) is 12.1 Å². The fraction of sp³-hybridized carbons (Fsp3) is 0.229. The number of benzene rings is 3. The fourth-order valence-corrected chi connectivity index (χ4v) is 4.74. The summed E-state index contributed by atoms with van der Waals surface area (Å²) in [7, 11) is 0. The summed E-state index contributed by atoms with van der Waals surface area (Å²) < 4.78 is 42.1. The second-order valence-electron chi connectivity index (χ2n) is 10.7. The van der Waals surface area contributed by atoms with Crippen LogP contribution in [0.25, 0.3) is 11.1 Å². The van der Waals surface area contributed by atoms with E-state index >= 15 is 0 Å². The van der Waals surface area contributed by atoms with E-state index in [1.807, 2.05) is 48.5 Å². The summed E-state index contributed by atoms with van der Waals surface area (Å²) >= 11 is 0. The first-order valence-electron chi connectivity index (χ1n) is 15.0. The molecule has 48 heavy (non-hydrogen) atoms. The van der Waals surface area contributed by atoms with Crippen molar-refractivity contribution in [3.05, 3.63) is 114 Å². The molecule has 1 unspecified atom stereocenters. The number of rotatable bonds is 15. The standard InChI is InChI=1S/C35H33F3N4O6/c36-35(37,38)34(47)48-27-17-11-23(12-18-27)21-29(41-31(43)10-6-20-40-30-9-4-5-19-39-30)33(46)42-28(22-32(44)45)26-15-13-25(14-16-26)24-7-2-1-3-8-24/h1-5,7-9,11-19,28-29H,6,10,20-22H2,(H,39,40)(H,41,43)(H,42,46)(H,44,45)/t28?,29-/m0/s1. The molecule has 4 N–H and O–H groups in total. The van der Waals surface area contributed by atoms with Gasteiger partial charge in [-0.05, 0) is 52.9 Å². The number of carbonyl (C=O) groups excluding carboxylic acids is 3. The van der Waals surface area contributed by atoms with Crippen LogP contribution >= 0.6 is 0 Å². The third-order valence-corrected chi connectivity index (χ3v) is 7.12. The van der Waals surface area contributed by atoms with Crippen molar-refractivity contribution in [2.45, 2.75) is 43.9 Å². The van der Waals surface area contributed by atoms with E-state index in [4.69, 9.17) is 0 Å². The summed E-state index contributed by atoms with van der Waals surface area (Å²) in [6.07, 6.45) is -3.62. The molecule has 0 saturated heterocycles. The molecular weight excluding hydrogens is 629 g/mol. The van der Waals surface area contributed by atoms with Crippen molar-refractivity contribution in [2.75, 3.05) is 11.9 Å². The average molecular weight is 663 g/mol. The van der Waals surface area contributed by atoms with Crippen LogP contribution in [0.5, 0.6) is 5.75 Å². The van der Waals surface area contributed by atoms with E-state index in [2.05, 4.69) is 25.7 Å². The number of amides is 2. The molecule has 0 saturated carbocycles. The quantitative estimate of drug-likeness (QED) is 0.0745. The predicted octanol–water partition coefficient (Wildman–Crippen LogP) is 5.47. The van der Waals surface area contributed by atoms with Crippen LogP contribution in [-0.2, 0) is 25.6 Å². The minimum absolute atomic E-state index is 0.0510. The number of pyridine rings is 1. The van der Waals surface area contributed by atoms with E-state index in [0.29, 0.717) is 29.9 Å². The van der Waals surface area contributed by atoms with Crippen LogP contribution in [0.4, 0.5) is 19.0 Å². The van der Waals surface area contributed by atoms with Crippen LogP contribution in [0.1, 0.15) is 36.4 Å². The Bertz CT molecular complexity index is 1670. The summed E-state index contributed by atoms with van der Waals surface area (Å²) in [6, 6.07) is 24.9. The number of hydrogen-bond acceptors (Lipinski definition) is 7. The van der Waals surface area contributed by atoms with E-state index in [1.54, 1.807) is 30.5 Å². The summed E-state index contributed by atoms with van der Waals surface area (Å²) in [5.74, 6) is -4.36. The first-order valence-corrected chi connectivity index (χ1v) is 15.0. The van der Waals surface area contributed by atoms with Crippen molar-refractivity contribution in [1.82, 2.24) is 15.6 Å². The highest BCUT2D eigenvalue weighted by atomic mass is 19.4. The van der Waals surface area contributed by atoms with Crippen molar-refractivity contribution in [3.8, 4) is 16.9 Å². The van der Waals surface area contributed by atoms with Gasteiger partial charge in [-0.25, -0.2) is 9.78 Å². The lowest BCUT2D eigenvalue weighted by Crippen LogP contribution is -2.49. The minimum Gasteiger partial charge on any atom is -0.481 e. The molecule has 0 aliphatic rings. The van der Waals surface area contributed by atoms with Crippen LogP contribution in [0.2, 0.25) is 0 Å². The zero-order chi connectivity index (χ0) is 34.5. The smallest absolute Gasteiger partial charge is 0.481 e. The van der Waals surface area contributed by atoms with E-state index in [0.717, 1.165) is 23.3 Å². The summed E-state index contributed by atoms with van der Waals surface area (Å²) in [4.78, 5) is 53.7. The van der Waals surface area contributed by atoms with Gasteiger partial charge in [-0.2, -0.15) is 13.2 Å². The van der Waals surface area contributed by atoms with Crippen molar-refractivity contribution < 1.29 is 42.2 Å². The number of anilines is 1. The maximum Gasteiger partial charge on any atom is 0.491 e. The Balaban J connectivity index is 1.47. The van der Waals surface area contributed by atoms with Crippen LogP contribution in [0.15, 0.2) is 103 Å². The molecule has 10 nitrogen and oxygen atoms in total. The third-order valence-electron chi connectivity index (χ3n) is 7.12. The van der Waals surface area contributed by atoms with E-state index < -0.39 is 48.4 Å². The number of aromatic nitrogens is 1. The number of alkyl halides is 3. The molecule has 2 atom stereocenters. The molecule has 4 aromatic rings. The van der Waals surface area contributed by atoms with E-state index in [9.17, 15) is 37.5 Å². The molecule has 3 aromatic carbocycles. The van der Waals surface area contributed by atoms with Crippen LogP contribution in [0.3, 0.4) is 0 Å². The number of aliphatic carboxylic acids is 1. The summed E-state index contributed by atoms with van der Waals surface area (Å²) in [6.45, 7) is 0.430. The number of hydrogen-bond donors (Lipinski definition) is 4. The molecule has 4 rings (SSSR count). The number of carbonyl (C=O) groups is 4. The number of halogens is 3. The number of nitrogens with zero attached hydrogens (tertiary/aromatic N) is 1. The maximum absolute atomic E-state index is 13.6. The number of carboxylic acids is 1. The first-order chi connectivity index (χ1) is 23.0. The maximum atomic E-state index is 13.6. The lowest BCUT2D eigenvalue weighted by atomic mass is 9.98. The van der Waals surface area contributed by atoms with Gasteiger partial charge in [0.1, 0.15) is 17.6 Å².